The lowest BCUT2D eigenvalue weighted by Crippen LogP contribution is -2.36. The molecule has 0 unspecified atom stereocenters. The van der Waals surface area contributed by atoms with Gasteiger partial charge in [0, 0.05) is 11.4 Å². The summed E-state index contributed by atoms with van der Waals surface area (Å²) < 4.78 is 10.2. The number of methoxy groups -OCH3 is 1. The third kappa shape index (κ3) is 4.11. The van der Waals surface area contributed by atoms with Crippen LogP contribution in [0, 0.1) is 0 Å². The van der Waals surface area contributed by atoms with Crippen LogP contribution in [0.3, 0.4) is 0 Å². The highest BCUT2D eigenvalue weighted by molar-refractivity contribution is 7.09. The standard InChI is InChI=1S/C17H18N2O4S/c1-22-17(21)14-11-24-15(18-14)9-19(12-7-8-12)16(20)10-23-13-5-3-2-4-6-13/h2-6,11-12H,7-10H2,1H3. The van der Waals surface area contributed by atoms with Crippen LogP contribution in [0.25, 0.3) is 0 Å². The van der Waals surface area contributed by atoms with Crippen LogP contribution >= 0.6 is 11.3 Å². The fourth-order valence-corrected chi connectivity index (χ4v) is 3.04. The van der Waals surface area contributed by atoms with Crippen molar-refractivity contribution < 1.29 is 19.1 Å². The third-order valence-electron chi connectivity index (χ3n) is 3.67. The summed E-state index contributed by atoms with van der Waals surface area (Å²) in [7, 11) is 1.32. The summed E-state index contributed by atoms with van der Waals surface area (Å²) >= 11 is 1.35. The summed E-state index contributed by atoms with van der Waals surface area (Å²) in [6, 6.07) is 9.50. The van der Waals surface area contributed by atoms with Crippen molar-refractivity contribution in [3.63, 3.8) is 0 Å². The van der Waals surface area contributed by atoms with Gasteiger partial charge in [0.05, 0.1) is 13.7 Å². The molecular weight excluding hydrogens is 328 g/mol. The first kappa shape index (κ1) is 16.4. The number of aromatic nitrogens is 1. The van der Waals surface area contributed by atoms with Crippen molar-refractivity contribution >= 4 is 23.2 Å². The first-order chi connectivity index (χ1) is 11.7. The summed E-state index contributed by atoms with van der Waals surface area (Å²) in [6.07, 6.45) is 1.98. The number of esters is 1. The van der Waals surface area contributed by atoms with Crippen molar-refractivity contribution in [2.45, 2.75) is 25.4 Å². The minimum atomic E-state index is -0.464. The van der Waals surface area contributed by atoms with Crippen LogP contribution in [0.5, 0.6) is 5.75 Å². The molecule has 0 bridgehead atoms. The molecule has 0 aliphatic heterocycles. The maximum Gasteiger partial charge on any atom is 0.357 e. The van der Waals surface area contributed by atoms with Crippen LogP contribution in [0.15, 0.2) is 35.7 Å². The van der Waals surface area contributed by atoms with Gasteiger partial charge in [-0.2, -0.15) is 0 Å². The number of ether oxygens (including phenoxy) is 2. The normalized spacial score (nSPS) is 13.4. The number of para-hydroxylation sites is 1. The van der Waals surface area contributed by atoms with Gasteiger partial charge in [0.2, 0.25) is 0 Å². The topological polar surface area (TPSA) is 68.7 Å². The quantitative estimate of drug-likeness (QED) is 0.721. The average molecular weight is 346 g/mol. The predicted octanol–water partition coefficient (Wildman–Crippen LogP) is 2.50. The van der Waals surface area contributed by atoms with Gasteiger partial charge in [-0.15, -0.1) is 11.3 Å². The fourth-order valence-electron chi connectivity index (χ4n) is 2.28. The maximum atomic E-state index is 12.5. The predicted molar refractivity (Wildman–Crippen MR) is 89.0 cm³/mol. The zero-order valence-corrected chi connectivity index (χ0v) is 14.1. The molecule has 1 heterocycles. The summed E-state index contributed by atoms with van der Waals surface area (Å²) in [5.41, 5.74) is 0.279. The first-order valence-electron chi connectivity index (χ1n) is 7.67. The van der Waals surface area contributed by atoms with E-state index >= 15 is 0 Å². The van der Waals surface area contributed by atoms with Gasteiger partial charge in [0.1, 0.15) is 10.8 Å². The van der Waals surface area contributed by atoms with E-state index in [0.29, 0.717) is 12.3 Å². The van der Waals surface area contributed by atoms with Gasteiger partial charge < -0.3 is 14.4 Å². The molecule has 1 fully saturated rings. The van der Waals surface area contributed by atoms with Gasteiger partial charge in [0.15, 0.2) is 12.3 Å². The number of thiazole rings is 1. The summed E-state index contributed by atoms with van der Waals surface area (Å²) in [5, 5.41) is 2.37. The summed E-state index contributed by atoms with van der Waals surface area (Å²) in [4.78, 5) is 30.0. The highest BCUT2D eigenvalue weighted by Crippen LogP contribution is 2.29. The number of rotatable bonds is 7. The lowest BCUT2D eigenvalue weighted by molar-refractivity contribution is -0.134. The van der Waals surface area contributed by atoms with Crippen molar-refractivity contribution in [1.29, 1.82) is 0 Å². The van der Waals surface area contributed by atoms with Crippen molar-refractivity contribution in [3.05, 3.63) is 46.4 Å². The number of nitrogens with zero attached hydrogens (tertiary/aromatic N) is 2. The van der Waals surface area contributed by atoms with E-state index in [2.05, 4.69) is 9.72 Å². The van der Waals surface area contributed by atoms with E-state index in [-0.39, 0.29) is 24.2 Å². The van der Waals surface area contributed by atoms with Gasteiger partial charge in [-0.25, -0.2) is 9.78 Å². The molecule has 1 saturated carbocycles. The van der Waals surface area contributed by atoms with Crippen LogP contribution in [-0.4, -0.2) is 41.5 Å². The van der Waals surface area contributed by atoms with Crippen molar-refractivity contribution in [3.8, 4) is 5.75 Å². The molecule has 3 rings (SSSR count). The number of hydrogen-bond donors (Lipinski definition) is 0. The van der Waals surface area contributed by atoms with E-state index in [9.17, 15) is 9.59 Å². The Bertz CT molecular complexity index is 712. The number of carbonyl (C=O) groups excluding carboxylic acids is 2. The van der Waals surface area contributed by atoms with Gasteiger partial charge >= 0.3 is 5.97 Å². The molecule has 1 amide bonds. The fraction of sp³-hybridized carbons (Fsp3) is 0.353. The average Bonchev–Trinajstić information content (AvgIpc) is 3.35. The van der Waals surface area contributed by atoms with Crippen LogP contribution < -0.4 is 4.74 Å². The second kappa shape index (κ2) is 7.44. The molecule has 126 valence electrons. The van der Waals surface area contributed by atoms with E-state index in [1.54, 1.807) is 10.3 Å². The number of amides is 1. The lowest BCUT2D eigenvalue weighted by atomic mass is 10.3. The van der Waals surface area contributed by atoms with Crippen molar-refractivity contribution in [1.82, 2.24) is 9.88 Å². The van der Waals surface area contributed by atoms with Gasteiger partial charge in [0.25, 0.3) is 5.91 Å². The SMILES string of the molecule is COC(=O)c1csc(CN(C(=O)COc2ccccc2)C2CC2)n1. The minimum Gasteiger partial charge on any atom is -0.484 e. The Morgan fingerprint density at radius 2 is 2.04 bits per heavy atom. The smallest absolute Gasteiger partial charge is 0.357 e. The van der Waals surface area contributed by atoms with Crippen molar-refractivity contribution in [2.24, 2.45) is 0 Å². The Kier molecular flexibility index (Phi) is 5.10. The van der Waals surface area contributed by atoms with Crippen molar-refractivity contribution in [2.75, 3.05) is 13.7 Å². The highest BCUT2D eigenvalue weighted by Gasteiger charge is 2.33. The van der Waals surface area contributed by atoms with Gasteiger partial charge in [-0.3, -0.25) is 4.79 Å². The van der Waals surface area contributed by atoms with E-state index in [0.717, 1.165) is 17.8 Å². The van der Waals surface area contributed by atoms with Crippen LogP contribution in [0.2, 0.25) is 0 Å². The van der Waals surface area contributed by atoms with Gasteiger partial charge in [-0.05, 0) is 25.0 Å². The van der Waals surface area contributed by atoms with E-state index in [4.69, 9.17) is 4.74 Å². The van der Waals surface area contributed by atoms with Crippen LogP contribution in [-0.2, 0) is 16.1 Å². The first-order valence-corrected chi connectivity index (χ1v) is 8.55. The van der Waals surface area contributed by atoms with Gasteiger partial charge in [-0.1, -0.05) is 18.2 Å². The van der Waals surface area contributed by atoms with Crippen LogP contribution in [0.1, 0.15) is 28.3 Å². The second-order valence-corrected chi connectivity index (χ2v) is 6.42. The molecule has 6 nitrogen and oxygen atoms in total. The molecule has 0 saturated heterocycles. The summed E-state index contributed by atoms with van der Waals surface area (Å²) in [5.74, 6) is 0.134. The zero-order chi connectivity index (χ0) is 16.9. The molecule has 0 radical (unpaired) electrons. The number of benzene rings is 1. The molecule has 0 atom stereocenters. The lowest BCUT2D eigenvalue weighted by Gasteiger charge is -2.21. The summed E-state index contributed by atoms with van der Waals surface area (Å²) in [6.45, 7) is 0.388. The molecular formula is C17H18N2O4S. The molecule has 0 spiro atoms. The molecule has 1 aromatic carbocycles. The molecule has 24 heavy (non-hydrogen) atoms. The van der Waals surface area contributed by atoms with Crippen LogP contribution in [0.4, 0.5) is 0 Å². The molecule has 7 heteroatoms. The number of hydrogen-bond acceptors (Lipinski definition) is 6. The Morgan fingerprint density at radius 1 is 1.29 bits per heavy atom. The monoisotopic (exact) mass is 346 g/mol. The zero-order valence-electron chi connectivity index (χ0n) is 13.3. The molecule has 2 aromatic rings. The third-order valence-corrected chi connectivity index (χ3v) is 4.50. The molecule has 1 aliphatic rings. The maximum absolute atomic E-state index is 12.5. The van der Waals surface area contributed by atoms with E-state index < -0.39 is 5.97 Å². The molecule has 0 N–H and O–H groups in total. The Labute approximate surface area is 144 Å². The number of carbonyl (C=O) groups is 2. The Morgan fingerprint density at radius 3 is 2.71 bits per heavy atom. The Balaban J connectivity index is 1.61. The second-order valence-electron chi connectivity index (χ2n) is 5.47. The molecule has 1 aliphatic carbocycles. The minimum absolute atomic E-state index is 0.00422. The van der Waals surface area contributed by atoms with E-state index in [1.165, 1.54) is 18.4 Å². The molecule has 1 aromatic heterocycles. The largest absolute Gasteiger partial charge is 0.484 e. The highest BCUT2D eigenvalue weighted by atomic mass is 32.1. The van der Waals surface area contributed by atoms with E-state index in [1.807, 2.05) is 30.3 Å². The Hall–Kier alpha value is -2.41.